The fourth-order valence-electron chi connectivity index (χ4n) is 3.42. The van der Waals surface area contributed by atoms with E-state index in [-0.39, 0.29) is 11.9 Å². The molecule has 0 aromatic carbocycles. The third-order valence-corrected chi connectivity index (χ3v) is 4.63. The fraction of sp³-hybridized carbons (Fsp3) is 0.933. The molecule has 1 amide bonds. The van der Waals surface area contributed by atoms with Crippen molar-refractivity contribution in [3.05, 3.63) is 0 Å². The average Bonchev–Trinajstić information content (AvgIpc) is 3.12. The number of hydrogen-bond donors (Lipinski definition) is 2. The molecular formula is C15H30N4O. The summed E-state index contributed by atoms with van der Waals surface area (Å²) in [5, 5.41) is 2.96. The van der Waals surface area contributed by atoms with E-state index in [9.17, 15) is 4.79 Å². The predicted molar refractivity (Wildman–Crippen MR) is 81.5 cm³/mol. The van der Waals surface area contributed by atoms with Gasteiger partial charge >= 0.3 is 0 Å². The van der Waals surface area contributed by atoms with E-state index in [1.165, 1.54) is 32.4 Å². The number of amides is 1. The van der Waals surface area contributed by atoms with E-state index in [4.69, 9.17) is 5.73 Å². The van der Waals surface area contributed by atoms with E-state index in [1.54, 1.807) is 0 Å². The van der Waals surface area contributed by atoms with Gasteiger partial charge in [0.05, 0.1) is 0 Å². The molecule has 20 heavy (non-hydrogen) atoms. The molecule has 2 atom stereocenters. The van der Waals surface area contributed by atoms with Crippen LogP contribution < -0.4 is 11.1 Å². The Morgan fingerprint density at radius 3 is 2.75 bits per heavy atom. The van der Waals surface area contributed by atoms with Crippen molar-refractivity contribution in [3.8, 4) is 0 Å². The molecule has 2 saturated heterocycles. The van der Waals surface area contributed by atoms with Crippen molar-refractivity contribution in [1.29, 1.82) is 0 Å². The maximum Gasteiger partial charge on any atom is 0.221 e. The lowest BCUT2D eigenvalue weighted by molar-refractivity contribution is -0.122. The molecule has 0 spiro atoms. The minimum absolute atomic E-state index is 0.145. The summed E-state index contributed by atoms with van der Waals surface area (Å²) < 4.78 is 0. The lowest BCUT2D eigenvalue weighted by Gasteiger charge is -2.28. The predicted octanol–water partition coefficient (Wildman–Crippen LogP) is 0.400. The third-order valence-electron chi connectivity index (χ3n) is 4.63. The van der Waals surface area contributed by atoms with Crippen molar-refractivity contribution in [2.45, 2.75) is 51.1 Å². The van der Waals surface area contributed by atoms with Crippen LogP contribution in [0.5, 0.6) is 0 Å². The standard InChI is InChI=1S/C15H30N4O/c1-2-6-17-15(20)10-14(11-16)19-9-5-13(12-19)18-7-3-4-8-18/h13-14H,2-12,16H2,1H3,(H,17,20). The first-order valence-corrected chi connectivity index (χ1v) is 8.19. The number of hydrogen-bond acceptors (Lipinski definition) is 4. The molecule has 0 aromatic heterocycles. The van der Waals surface area contributed by atoms with Crippen LogP contribution >= 0.6 is 0 Å². The molecule has 116 valence electrons. The Bertz CT molecular complexity index is 304. The molecule has 2 rings (SSSR count). The average molecular weight is 282 g/mol. The van der Waals surface area contributed by atoms with Gasteiger partial charge in [-0.15, -0.1) is 0 Å². The Labute approximate surface area is 122 Å². The SMILES string of the molecule is CCCNC(=O)CC(CN)N1CCC(N2CCCC2)C1. The van der Waals surface area contributed by atoms with Gasteiger partial charge in [0.15, 0.2) is 0 Å². The van der Waals surface area contributed by atoms with Gasteiger partial charge in [-0.1, -0.05) is 6.92 Å². The number of likely N-dealkylation sites (tertiary alicyclic amines) is 2. The zero-order valence-electron chi connectivity index (χ0n) is 12.8. The number of nitrogens with zero attached hydrogens (tertiary/aromatic N) is 2. The number of nitrogens with two attached hydrogens (primary N) is 1. The van der Waals surface area contributed by atoms with Crippen molar-refractivity contribution in [2.24, 2.45) is 5.73 Å². The van der Waals surface area contributed by atoms with Crippen molar-refractivity contribution in [2.75, 3.05) is 39.3 Å². The molecule has 2 fully saturated rings. The van der Waals surface area contributed by atoms with Crippen molar-refractivity contribution in [1.82, 2.24) is 15.1 Å². The summed E-state index contributed by atoms with van der Waals surface area (Å²) in [6.07, 6.45) is 5.45. The highest BCUT2D eigenvalue weighted by Crippen LogP contribution is 2.22. The summed E-state index contributed by atoms with van der Waals surface area (Å²) in [5.41, 5.74) is 5.89. The Hall–Kier alpha value is -0.650. The van der Waals surface area contributed by atoms with Crippen LogP contribution in [0.3, 0.4) is 0 Å². The van der Waals surface area contributed by atoms with Gasteiger partial charge in [0, 0.05) is 44.7 Å². The van der Waals surface area contributed by atoms with Crippen molar-refractivity contribution in [3.63, 3.8) is 0 Å². The van der Waals surface area contributed by atoms with Gasteiger partial charge in [-0.25, -0.2) is 0 Å². The number of rotatable bonds is 7. The first-order chi connectivity index (χ1) is 9.74. The fourth-order valence-corrected chi connectivity index (χ4v) is 3.42. The quantitative estimate of drug-likeness (QED) is 0.709. The lowest BCUT2D eigenvalue weighted by atomic mass is 10.1. The number of nitrogens with one attached hydrogen (secondary N) is 1. The highest BCUT2D eigenvalue weighted by Gasteiger charge is 2.32. The second kappa shape index (κ2) is 7.96. The van der Waals surface area contributed by atoms with Crippen LogP contribution in [0.2, 0.25) is 0 Å². The van der Waals surface area contributed by atoms with Crippen LogP contribution in [0, 0.1) is 0 Å². The molecule has 2 unspecified atom stereocenters. The summed E-state index contributed by atoms with van der Waals surface area (Å²) >= 11 is 0. The van der Waals surface area contributed by atoms with Crippen LogP contribution in [0.1, 0.15) is 39.0 Å². The maximum atomic E-state index is 11.9. The Kier molecular flexibility index (Phi) is 6.26. The monoisotopic (exact) mass is 282 g/mol. The minimum atomic E-state index is 0.145. The molecule has 0 saturated carbocycles. The van der Waals surface area contributed by atoms with E-state index in [0.717, 1.165) is 26.1 Å². The highest BCUT2D eigenvalue weighted by molar-refractivity contribution is 5.76. The zero-order chi connectivity index (χ0) is 14.4. The van der Waals surface area contributed by atoms with Crippen LogP contribution in [0.4, 0.5) is 0 Å². The van der Waals surface area contributed by atoms with Gasteiger partial charge in [0.2, 0.25) is 5.91 Å². The molecule has 0 aromatic rings. The smallest absolute Gasteiger partial charge is 0.221 e. The molecule has 0 radical (unpaired) electrons. The largest absolute Gasteiger partial charge is 0.356 e. The summed E-state index contributed by atoms with van der Waals surface area (Å²) in [6.45, 7) is 8.10. The van der Waals surface area contributed by atoms with Gasteiger partial charge in [-0.05, 0) is 38.8 Å². The van der Waals surface area contributed by atoms with E-state index >= 15 is 0 Å². The Morgan fingerprint density at radius 1 is 1.35 bits per heavy atom. The molecule has 0 bridgehead atoms. The van der Waals surface area contributed by atoms with Crippen molar-refractivity contribution >= 4 is 5.91 Å². The highest BCUT2D eigenvalue weighted by atomic mass is 16.1. The first-order valence-electron chi connectivity index (χ1n) is 8.19. The van der Waals surface area contributed by atoms with Crippen LogP contribution in [-0.4, -0.2) is 67.1 Å². The molecule has 5 nitrogen and oxygen atoms in total. The van der Waals surface area contributed by atoms with Crippen LogP contribution in [0.15, 0.2) is 0 Å². The van der Waals surface area contributed by atoms with Crippen LogP contribution in [-0.2, 0) is 4.79 Å². The second-order valence-corrected chi connectivity index (χ2v) is 6.12. The van der Waals surface area contributed by atoms with E-state index in [1.807, 2.05) is 0 Å². The first kappa shape index (κ1) is 15.7. The van der Waals surface area contributed by atoms with E-state index in [0.29, 0.717) is 19.0 Å². The molecule has 3 N–H and O–H groups in total. The molecule has 5 heteroatoms. The molecule has 2 aliphatic rings. The van der Waals surface area contributed by atoms with Gasteiger partial charge in [0.25, 0.3) is 0 Å². The van der Waals surface area contributed by atoms with E-state index < -0.39 is 0 Å². The summed E-state index contributed by atoms with van der Waals surface area (Å²) in [4.78, 5) is 16.9. The zero-order valence-corrected chi connectivity index (χ0v) is 12.8. The summed E-state index contributed by atoms with van der Waals surface area (Å²) in [5.74, 6) is 0.145. The van der Waals surface area contributed by atoms with E-state index in [2.05, 4.69) is 22.0 Å². The molecule has 2 aliphatic heterocycles. The van der Waals surface area contributed by atoms with Crippen LogP contribution in [0.25, 0.3) is 0 Å². The van der Waals surface area contributed by atoms with Gasteiger partial charge in [-0.3, -0.25) is 14.6 Å². The normalized spacial score (nSPS) is 26.0. The van der Waals surface area contributed by atoms with Gasteiger partial charge in [-0.2, -0.15) is 0 Å². The molecule has 0 aliphatic carbocycles. The lowest BCUT2D eigenvalue weighted by Crippen LogP contribution is -2.44. The minimum Gasteiger partial charge on any atom is -0.356 e. The molecule has 2 heterocycles. The maximum absolute atomic E-state index is 11.9. The van der Waals surface area contributed by atoms with Crippen molar-refractivity contribution < 1.29 is 4.79 Å². The number of carbonyl (C=O) groups excluding carboxylic acids is 1. The van der Waals surface area contributed by atoms with Gasteiger partial charge < -0.3 is 11.1 Å². The molecular weight excluding hydrogens is 252 g/mol. The third kappa shape index (κ3) is 4.17. The number of carbonyl (C=O) groups is 1. The summed E-state index contributed by atoms with van der Waals surface area (Å²) in [7, 11) is 0. The topological polar surface area (TPSA) is 61.6 Å². The Morgan fingerprint density at radius 2 is 2.10 bits per heavy atom. The van der Waals surface area contributed by atoms with Gasteiger partial charge in [0.1, 0.15) is 0 Å². The Balaban J connectivity index is 1.78. The summed E-state index contributed by atoms with van der Waals surface area (Å²) in [6, 6.07) is 0.893. The second-order valence-electron chi connectivity index (χ2n) is 6.12.